The topological polar surface area (TPSA) is 39.2 Å². The van der Waals surface area contributed by atoms with Gasteiger partial charge in [0.25, 0.3) is 0 Å². The number of aromatic nitrogens is 1. The first kappa shape index (κ1) is 10.4. The highest BCUT2D eigenvalue weighted by molar-refractivity contribution is 5.85. The number of rotatable bonds is 3. The largest absolute Gasteiger partial charge is 0.495 e. The fourth-order valence-corrected chi connectivity index (χ4v) is 1.63. The molecule has 0 atom stereocenters. The van der Waals surface area contributed by atoms with Gasteiger partial charge in [-0.1, -0.05) is 12.1 Å². The maximum Gasteiger partial charge on any atom is 0.153 e. The molecule has 1 heterocycles. The van der Waals surface area contributed by atoms with Crippen LogP contribution in [-0.2, 0) is 0 Å². The summed E-state index contributed by atoms with van der Waals surface area (Å²) in [5, 5.41) is 0. The molecule has 3 nitrogen and oxygen atoms in total. The number of benzene rings is 1. The van der Waals surface area contributed by atoms with E-state index in [2.05, 4.69) is 4.98 Å². The lowest BCUT2D eigenvalue weighted by atomic mass is 10.0. The number of hydrogen-bond donors (Lipinski definition) is 0. The number of ether oxygens (including phenoxy) is 1. The molecule has 80 valence electrons. The van der Waals surface area contributed by atoms with E-state index in [1.807, 2.05) is 24.3 Å². The van der Waals surface area contributed by atoms with Crippen molar-refractivity contribution in [3.8, 4) is 16.9 Å². The van der Waals surface area contributed by atoms with E-state index in [1.165, 1.54) is 0 Å². The van der Waals surface area contributed by atoms with Crippen LogP contribution < -0.4 is 4.74 Å². The van der Waals surface area contributed by atoms with Gasteiger partial charge in [0.15, 0.2) is 6.29 Å². The van der Waals surface area contributed by atoms with Gasteiger partial charge < -0.3 is 4.74 Å². The summed E-state index contributed by atoms with van der Waals surface area (Å²) in [5.41, 5.74) is 2.43. The summed E-state index contributed by atoms with van der Waals surface area (Å²) in [5.74, 6) is 0.601. The van der Waals surface area contributed by atoms with Gasteiger partial charge in [-0.3, -0.25) is 9.78 Å². The first-order valence-electron chi connectivity index (χ1n) is 4.89. The fraction of sp³-hybridized carbons (Fsp3) is 0.0769. The van der Waals surface area contributed by atoms with Gasteiger partial charge in [-0.05, 0) is 23.8 Å². The van der Waals surface area contributed by atoms with Crippen molar-refractivity contribution in [2.24, 2.45) is 0 Å². The summed E-state index contributed by atoms with van der Waals surface area (Å²) in [6, 6.07) is 9.25. The summed E-state index contributed by atoms with van der Waals surface area (Å²) in [6.45, 7) is 0. The molecule has 16 heavy (non-hydrogen) atoms. The molecule has 0 N–H and O–H groups in total. The Hall–Kier alpha value is -2.16. The van der Waals surface area contributed by atoms with Crippen LogP contribution in [0.5, 0.6) is 5.75 Å². The molecule has 0 radical (unpaired) electrons. The highest BCUT2D eigenvalue weighted by Crippen LogP contribution is 2.31. The predicted octanol–water partition coefficient (Wildman–Crippen LogP) is 2.57. The van der Waals surface area contributed by atoms with Crippen molar-refractivity contribution < 1.29 is 9.53 Å². The Morgan fingerprint density at radius 3 is 2.56 bits per heavy atom. The van der Waals surface area contributed by atoms with Crippen molar-refractivity contribution in [1.82, 2.24) is 4.98 Å². The van der Waals surface area contributed by atoms with E-state index in [9.17, 15) is 4.79 Å². The minimum absolute atomic E-state index is 0.553. The standard InChI is InChI=1S/C13H11NO2/c1-16-13-11(9-15)3-2-4-12(13)10-5-7-14-8-6-10/h2-9H,1H3. The van der Waals surface area contributed by atoms with Crippen molar-refractivity contribution in [3.63, 3.8) is 0 Å². The SMILES string of the molecule is COc1c(C=O)cccc1-c1ccncc1. The summed E-state index contributed by atoms with van der Waals surface area (Å²) in [4.78, 5) is 14.8. The number of carbonyl (C=O) groups excluding carboxylic acids is 1. The van der Waals surface area contributed by atoms with Gasteiger partial charge in [0.05, 0.1) is 12.7 Å². The molecule has 0 amide bonds. The average Bonchev–Trinajstić information content (AvgIpc) is 2.38. The Morgan fingerprint density at radius 1 is 1.19 bits per heavy atom. The third kappa shape index (κ3) is 1.80. The minimum atomic E-state index is 0.553. The van der Waals surface area contributed by atoms with Crippen molar-refractivity contribution in [3.05, 3.63) is 48.3 Å². The zero-order valence-electron chi connectivity index (χ0n) is 8.88. The van der Waals surface area contributed by atoms with E-state index in [0.717, 1.165) is 17.4 Å². The molecule has 0 bridgehead atoms. The van der Waals surface area contributed by atoms with E-state index < -0.39 is 0 Å². The number of para-hydroxylation sites is 1. The Labute approximate surface area is 93.7 Å². The molecule has 2 aromatic rings. The quantitative estimate of drug-likeness (QED) is 0.735. The molecule has 0 saturated heterocycles. The summed E-state index contributed by atoms with van der Waals surface area (Å²) in [6.07, 6.45) is 4.22. The van der Waals surface area contributed by atoms with Crippen molar-refractivity contribution in [2.75, 3.05) is 7.11 Å². The number of hydrogen-bond acceptors (Lipinski definition) is 3. The highest BCUT2D eigenvalue weighted by Gasteiger charge is 2.09. The number of pyridine rings is 1. The number of nitrogens with zero attached hydrogens (tertiary/aromatic N) is 1. The predicted molar refractivity (Wildman–Crippen MR) is 61.6 cm³/mol. The highest BCUT2D eigenvalue weighted by atomic mass is 16.5. The lowest BCUT2D eigenvalue weighted by molar-refractivity contribution is 0.112. The van der Waals surface area contributed by atoms with E-state index >= 15 is 0 Å². The summed E-state index contributed by atoms with van der Waals surface area (Å²) in [7, 11) is 1.56. The van der Waals surface area contributed by atoms with Gasteiger partial charge in [0.1, 0.15) is 5.75 Å². The Bertz CT molecular complexity index is 495. The molecular formula is C13H11NO2. The second kappa shape index (κ2) is 4.57. The Balaban J connectivity index is 2.61. The molecule has 0 fully saturated rings. The molecule has 0 aliphatic heterocycles. The van der Waals surface area contributed by atoms with E-state index in [1.54, 1.807) is 25.6 Å². The van der Waals surface area contributed by atoms with Crippen LogP contribution in [0.3, 0.4) is 0 Å². The van der Waals surface area contributed by atoms with E-state index in [0.29, 0.717) is 11.3 Å². The lowest BCUT2D eigenvalue weighted by Crippen LogP contribution is -1.93. The van der Waals surface area contributed by atoms with Crippen LogP contribution in [0, 0.1) is 0 Å². The normalized spacial score (nSPS) is 9.81. The van der Waals surface area contributed by atoms with Gasteiger partial charge in [0.2, 0.25) is 0 Å². The van der Waals surface area contributed by atoms with Gasteiger partial charge in [-0.25, -0.2) is 0 Å². The van der Waals surface area contributed by atoms with Crippen LogP contribution in [0.1, 0.15) is 10.4 Å². The maximum atomic E-state index is 10.9. The summed E-state index contributed by atoms with van der Waals surface area (Å²) < 4.78 is 5.27. The third-order valence-corrected chi connectivity index (χ3v) is 2.37. The minimum Gasteiger partial charge on any atom is -0.495 e. The third-order valence-electron chi connectivity index (χ3n) is 2.37. The van der Waals surface area contributed by atoms with Gasteiger partial charge in [-0.15, -0.1) is 0 Å². The summed E-state index contributed by atoms with van der Waals surface area (Å²) >= 11 is 0. The lowest BCUT2D eigenvalue weighted by Gasteiger charge is -2.10. The zero-order valence-corrected chi connectivity index (χ0v) is 8.88. The second-order valence-electron chi connectivity index (χ2n) is 3.28. The van der Waals surface area contributed by atoms with E-state index in [-0.39, 0.29) is 0 Å². The molecule has 0 saturated carbocycles. The molecule has 1 aromatic carbocycles. The maximum absolute atomic E-state index is 10.9. The Morgan fingerprint density at radius 2 is 1.94 bits per heavy atom. The van der Waals surface area contributed by atoms with Crippen molar-refractivity contribution in [1.29, 1.82) is 0 Å². The van der Waals surface area contributed by atoms with Crippen LogP contribution in [0.15, 0.2) is 42.7 Å². The molecule has 0 unspecified atom stereocenters. The molecular weight excluding hydrogens is 202 g/mol. The van der Waals surface area contributed by atoms with Crippen molar-refractivity contribution in [2.45, 2.75) is 0 Å². The zero-order chi connectivity index (χ0) is 11.4. The molecule has 0 aliphatic carbocycles. The monoisotopic (exact) mass is 213 g/mol. The van der Waals surface area contributed by atoms with Crippen LogP contribution in [-0.4, -0.2) is 18.4 Å². The van der Waals surface area contributed by atoms with Gasteiger partial charge in [-0.2, -0.15) is 0 Å². The number of methoxy groups -OCH3 is 1. The van der Waals surface area contributed by atoms with E-state index in [4.69, 9.17) is 4.74 Å². The first-order chi connectivity index (χ1) is 7.86. The Kier molecular flexibility index (Phi) is 2.96. The van der Waals surface area contributed by atoms with Crippen LogP contribution >= 0.6 is 0 Å². The van der Waals surface area contributed by atoms with Gasteiger partial charge >= 0.3 is 0 Å². The molecule has 3 heteroatoms. The molecule has 2 rings (SSSR count). The van der Waals surface area contributed by atoms with Crippen LogP contribution in [0.4, 0.5) is 0 Å². The number of carbonyl (C=O) groups is 1. The molecule has 0 aliphatic rings. The average molecular weight is 213 g/mol. The first-order valence-corrected chi connectivity index (χ1v) is 4.89. The second-order valence-corrected chi connectivity index (χ2v) is 3.28. The van der Waals surface area contributed by atoms with Gasteiger partial charge in [0, 0.05) is 18.0 Å². The van der Waals surface area contributed by atoms with Crippen LogP contribution in [0.2, 0.25) is 0 Å². The molecule has 0 spiro atoms. The fourth-order valence-electron chi connectivity index (χ4n) is 1.63. The molecule has 1 aromatic heterocycles. The smallest absolute Gasteiger partial charge is 0.153 e. The number of aldehydes is 1. The van der Waals surface area contributed by atoms with Crippen molar-refractivity contribution >= 4 is 6.29 Å². The van der Waals surface area contributed by atoms with Crippen LogP contribution in [0.25, 0.3) is 11.1 Å².